The summed E-state index contributed by atoms with van der Waals surface area (Å²) in [6.07, 6.45) is 0. The Kier molecular flexibility index (Phi) is 2.65. The van der Waals surface area contributed by atoms with E-state index in [1.54, 1.807) is 10.7 Å². The second-order valence-electron chi connectivity index (χ2n) is 4.52. The molecule has 1 aromatic carbocycles. The van der Waals surface area contributed by atoms with E-state index < -0.39 is 0 Å². The average Bonchev–Trinajstić information content (AvgIpc) is 2.51. The first-order valence-corrected chi connectivity index (χ1v) is 5.66. The summed E-state index contributed by atoms with van der Waals surface area (Å²) < 4.78 is 3.48. The Morgan fingerprint density at radius 2 is 1.94 bits per heavy atom. The molecule has 4 nitrogen and oxygen atoms in total. The van der Waals surface area contributed by atoms with Crippen molar-refractivity contribution in [1.29, 1.82) is 0 Å². The number of carbonyl (C=O) groups is 1. The van der Waals surface area contributed by atoms with Gasteiger partial charge in [0.25, 0.3) is 5.56 Å². The Hall–Kier alpha value is -1.84. The molecule has 0 radical (unpaired) electrons. The number of hydrogen-bond donors (Lipinski definition) is 0. The van der Waals surface area contributed by atoms with Crippen LogP contribution in [0.1, 0.15) is 37.2 Å². The number of rotatable bonds is 2. The molecule has 90 valence electrons. The van der Waals surface area contributed by atoms with Crippen molar-refractivity contribution in [2.24, 2.45) is 7.05 Å². The summed E-state index contributed by atoms with van der Waals surface area (Å²) in [5.41, 5.74) is 1.21. The summed E-state index contributed by atoms with van der Waals surface area (Å²) in [6.45, 7) is 5.39. The lowest BCUT2D eigenvalue weighted by atomic mass is 10.1. The van der Waals surface area contributed by atoms with Crippen molar-refractivity contribution in [3.05, 3.63) is 34.1 Å². The van der Waals surface area contributed by atoms with Crippen LogP contribution in [0.4, 0.5) is 0 Å². The van der Waals surface area contributed by atoms with Gasteiger partial charge in [-0.3, -0.25) is 14.3 Å². The van der Waals surface area contributed by atoms with E-state index in [9.17, 15) is 9.59 Å². The van der Waals surface area contributed by atoms with E-state index in [0.29, 0.717) is 10.9 Å². The number of aromatic nitrogens is 2. The van der Waals surface area contributed by atoms with Gasteiger partial charge in [0.05, 0.1) is 10.9 Å². The zero-order chi connectivity index (χ0) is 12.7. The minimum absolute atomic E-state index is 0.0692. The van der Waals surface area contributed by atoms with Crippen molar-refractivity contribution < 1.29 is 4.79 Å². The predicted octanol–water partition coefficient (Wildman–Crippen LogP) is 2.12. The molecule has 2 rings (SSSR count). The van der Waals surface area contributed by atoms with Crippen LogP contribution in [-0.4, -0.2) is 15.1 Å². The van der Waals surface area contributed by atoms with Gasteiger partial charge in [-0.1, -0.05) is 12.1 Å². The van der Waals surface area contributed by atoms with E-state index >= 15 is 0 Å². The van der Waals surface area contributed by atoms with Crippen molar-refractivity contribution in [1.82, 2.24) is 9.36 Å². The second kappa shape index (κ2) is 3.87. The molecule has 0 unspecified atom stereocenters. The standard InChI is InChI=1S/C13H16N2O2/c1-8(2)15-13(17)12-10(9(3)16)6-5-7-11(12)14(15)4/h5-8H,1-4H3. The van der Waals surface area contributed by atoms with Gasteiger partial charge in [0, 0.05) is 18.7 Å². The number of aryl methyl sites for hydroxylation is 1. The molecule has 1 heterocycles. The first kappa shape index (κ1) is 11.6. The fourth-order valence-corrected chi connectivity index (χ4v) is 2.28. The minimum Gasteiger partial charge on any atom is -0.294 e. The van der Waals surface area contributed by atoms with E-state index in [1.807, 2.05) is 37.7 Å². The SMILES string of the molecule is CC(=O)c1cccc2c1c(=O)n(C(C)C)n2C. The zero-order valence-corrected chi connectivity index (χ0v) is 10.5. The van der Waals surface area contributed by atoms with Crippen LogP contribution < -0.4 is 5.56 Å². The normalized spacial score (nSPS) is 11.4. The first-order valence-electron chi connectivity index (χ1n) is 5.66. The highest BCUT2D eigenvalue weighted by atomic mass is 16.1. The van der Waals surface area contributed by atoms with Crippen LogP contribution in [-0.2, 0) is 7.05 Å². The van der Waals surface area contributed by atoms with Crippen LogP contribution in [0.2, 0.25) is 0 Å². The molecule has 0 aliphatic heterocycles. The van der Waals surface area contributed by atoms with Gasteiger partial charge in [0.15, 0.2) is 5.78 Å². The summed E-state index contributed by atoms with van der Waals surface area (Å²) in [4.78, 5) is 23.9. The number of nitrogens with zero attached hydrogens (tertiary/aromatic N) is 2. The molecule has 0 atom stereocenters. The molecule has 2 aromatic rings. The average molecular weight is 232 g/mol. The minimum atomic E-state index is -0.0942. The summed E-state index contributed by atoms with van der Waals surface area (Å²) in [5.74, 6) is -0.0748. The maximum Gasteiger partial charge on any atom is 0.275 e. The third-order valence-corrected chi connectivity index (χ3v) is 3.00. The number of hydrogen-bond acceptors (Lipinski definition) is 2. The van der Waals surface area contributed by atoms with Gasteiger partial charge >= 0.3 is 0 Å². The molecular formula is C13H16N2O2. The van der Waals surface area contributed by atoms with Crippen molar-refractivity contribution >= 4 is 16.7 Å². The highest BCUT2D eigenvalue weighted by Gasteiger charge is 2.17. The Morgan fingerprint density at radius 1 is 1.29 bits per heavy atom. The second-order valence-corrected chi connectivity index (χ2v) is 4.52. The summed E-state index contributed by atoms with van der Waals surface area (Å²) >= 11 is 0. The van der Waals surface area contributed by atoms with Gasteiger partial charge in [0.1, 0.15) is 0 Å². The molecule has 0 saturated carbocycles. The van der Waals surface area contributed by atoms with E-state index in [-0.39, 0.29) is 17.4 Å². The van der Waals surface area contributed by atoms with Gasteiger partial charge in [0.2, 0.25) is 0 Å². The lowest BCUT2D eigenvalue weighted by Crippen LogP contribution is -2.23. The molecule has 0 aliphatic carbocycles. The van der Waals surface area contributed by atoms with Crippen molar-refractivity contribution in [3.8, 4) is 0 Å². The van der Waals surface area contributed by atoms with Crippen LogP contribution in [0.3, 0.4) is 0 Å². The van der Waals surface area contributed by atoms with Crippen LogP contribution in [0, 0.1) is 0 Å². The van der Waals surface area contributed by atoms with E-state index in [0.717, 1.165) is 5.52 Å². The lowest BCUT2D eigenvalue weighted by molar-refractivity contribution is 0.101. The van der Waals surface area contributed by atoms with Gasteiger partial charge < -0.3 is 0 Å². The van der Waals surface area contributed by atoms with Crippen LogP contribution in [0.25, 0.3) is 10.9 Å². The van der Waals surface area contributed by atoms with Crippen LogP contribution in [0.15, 0.2) is 23.0 Å². The topological polar surface area (TPSA) is 44.0 Å². The van der Waals surface area contributed by atoms with Crippen molar-refractivity contribution in [3.63, 3.8) is 0 Å². The Balaban J connectivity index is 2.98. The molecule has 17 heavy (non-hydrogen) atoms. The van der Waals surface area contributed by atoms with E-state index in [4.69, 9.17) is 0 Å². The Morgan fingerprint density at radius 3 is 2.47 bits per heavy atom. The molecule has 0 amide bonds. The summed E-state index contributed by atoms with van der Waals surface area (Å²) in [5, 5.41) is 0.524. The molecule has 0 fully saturated rings. The summed E-state index contributed by atoms with van der Waals surface area (Å²) in [7, 11) is 1.84. The van der Waals surface area contributed by atoms with Crippen LogP contribution >= 0.6 is 0 Å². The molecular weight excluding hydrogens is 216 g/mol. The monoisotopic (exact) mass is 232 g/mol. The summed E-state index contributed by atoms with van der Waals surface area (Å²) in [6, 6.07) is 5.45. The highest BCUT2D eigenvalue weighted by molar-refractivity contribution is 6.06. The van der Waals surface area contributed by atoms with Gasteiger partial charge in [-0.25, -0.2) is 4.68 Å². The van der Waals surface area contributed by atoms with Gasteiger partial charge in [-0.2, -0.15) is 0 Å². The van der Waals surface area contributed by atoms with Crippen LogP contribution in [0.5, 0.6) is 0 Å². The maximum absolute atomic E-state index is 12.3. The van der Waals surface area contributed by atoms with E-state index in [2.05, 4.69) is 0 Å². The number of Topliss-reactive ketones (excluding diaryl/α,β-unsaturated/α-hetero) is 1. The van der Waals surface area contributed by atoms with Gasteiger partial charge in [-0.05, 0) is 26.8 Å². The number of fused-ring (bicyclic) bond motifs is 1. The van der Waals surface area contributed by atoms with Crippen molar-refractivity contribution in [2.75, 3.05) is 0 Å². The Bertz CT molecular complexity index is 647. The van der Waals surface area contributed by atoms with Gasteiger partial charge in [-0.15, -0.1) is 0 Å². The molecule has 0 saturated heterocycles. The molecule has 0 spiro atoms. The highest BCUT2D eigenvalue weighted by Crippen LogP contribution is 2.17. The fourth-order valence-electron chi connectivity index (χ4n) is 2.28. The predicted molar refractivity (Wildman–Crippen MR) is 67.6 cm³/mol. The molecule has 0 aliphatic rings. The lowest BCUT2D eigenvalue weighted by Gasteiger charge is -2.10. The first-order chi connectivity index (χ1) is 7.95. The maximum atomic E-state index is 12.3. The largest absolute Gasteiger partial charge is 0.294 e. The molecule has 1 aromatic heterocycles. The number of carbonyl (C=O) groups excluding carboxylic acids is 1. The van der Waals surface area contributed by atoms with Crippen molar-refractivity contribution in [2.45, 2.75) is 26.8 Å². The quantitative estimate of drug-likeness (QED) is 0.744. The molecule has 0 bridgehead atoms. The smallest absolute Gasteiger partial charge is 0.275 e. The Labute approximate surface area is 99.4 Å². The third-order valence-electron chi connectivity index (χ3n) is 3.00. The van der Waals surface area contributed by atoms with E-state index in [1.165, 1.54) is 6.92 Å². The molecule has 0 N–H and O–H groups in total. The molecule has 4 heteroatoms. The number of ketones is 1. The number of benzene rings is 1. The fraction of sp³-hybridized carbons (Fsp3) is 0.385. The zero-order valence-electron chi connectivity index (χ0n) is 10.5. The third kappa shape index (κ3) is 1.60.